The summed E-state index contributed by atoms with van der Waals surface area (Å²) in [5.74, 6) is -0.362. The molecule has 1 atom stereocenters. The lowest BCUT2D eigenvalue weighted by Crippen LogP contribution is -2.41. The van der Waals surface area contributed by atoms with Gasteiger partial charge in [-0.3, -0.25) is 4.79 Å². The van der Waals surface area contributed by atoms with Crippen molar-refractivity contribution in [2.75, 3.05) is 19.6 Å². The summed E-state index contributed by atoms with van der Waals surface area (Å²) < 4.78 is 0. The molecule has 1 amide bonds. The lowest BCUT2D eigenvalue weighted by molar-refractivity contribution is 0.0750. The summed E-state index contributed by atoms with van der Waals surface area (Å²) in [6, 6.07) is 4.32. The summed E-state index contributed by atoms with van der Waals surface area (Å²) in [6.07, 6.45) is 2.22. The molecule has 5 heteroatoms. The van der Waals surface area contributed by atoms with E-state index in [2.05, 4.69) is 5.32 Å². The predicted molar refractivity (Wildman–Crippen MR) is 72.4 cm³/mol. The van der Waals surface area contributed by atoms with Gasteiger partial charge in [0.05, 0.1) is 0 Å². The van der Waals surface area contributed by atoms with Crippen molar-refractivity contribution in [2.24, 2.45) is 0 Å². The number of carbonyl (C=O) groups is 1. The third-order valence-electron chi connectivity index (χ3n) is 3.42. The van der Waals surface area contributed by atoms with Crippen molar-refractivity contribution in [1.82, 2.24) is 10.2 Å². The molecule has 1 saturated heterocycles. The molecule has 1 fully saturated rings. The van der Waals surface area contributed by atoms with Crippen LogP contribution >= 0.6 is 0 Å². The van der Waals surface area contributed by atoms with Gasteiger partial charge >= 0.3 is 0 Å². The fourth-order valence-electron chi connectivity index (χ4n) is 2.44. The lowest BCUT2D eigenvalue weighted by atomic mass is 10.1. The Labute approximate surface area is 112 Å². The molecular weight excluding hydrogens is 244 g/mol. The molecule has 3 N–H and O–H groups in total. The van der Waals surface area contributed by atoms with E-state index < -0.39 is 0 Å². The van der Waals surface area contributed by atoms with E-state index in [1.165, 1.54) is 18.2 Å². The number of aromatic hydroxyl groups is 2. The van der Waals surface area contributed by atoms with Crippen LogP contribution in [0.25, 0.3) is 0 Å². The van der Waals surface area contributed by atoms with Gasteiger partial charge in [-0.2, -0.15) is 0 Å². The van der Waals surface area contributed by atoms with Crippen LogP contribution in [0.3, 0.4) is 0 Å². The van der Waals surface area contributed by atoms with E-state index in [0.29, 0.717) is 24.7 Å². The molecule has 0 spiro atoms. The van der Waals surface area contributed by atoms with E-state index in [1.54, 1.807) is 4.90 Å². The number of phenols is 2. The zero-order valence-electron chi connectivity index (χ0n) is 11.1. The Morgan fingerprint density at radius 3 is 2.58 bits per heavy atom. The Hall–Kier alpha value is -1.75. The summed E-state index contributed by atoms with van der Waals surface area (Å²) in [7, 11) is 0. The molecule has 1 unspecified atom stereocenters. The molecule has 19 heavy (non-hydrogen) atoms. The van der Waals surface area contributed by atoms with Crippen LogP contribution in [0.2, 0.25) is 0 Å². The van der Waals surface area contributed by atoms with Crippen LogP contribution in [0.4, 0.5) is 0 Å². The van der Waals surface area contributed by atoms with E-state index in [1.807, 2.05) is 6.92 Å². The van der Waals surface area contributed by atoms with Gasteiger partial charge in [-0.25, -0.2) is 0 Å². The van der Waals surface area contributed by atoms with Crippen molar-refractivity contribution in [3.63, 3.8) is 0 Å². The minimum atomic E-state index is -0.164. The third kappa shape index (κ3) is 3.38. The summed E-state index contributed by atoms with van der Waals surface area (Å²) in [5.41, 5.74) is 0.317. The first kappa shape index (κ1) is 13.7. The molecule has 0 aliphatic carbocycles. The summed E-state index contributed by atoms with van der Waals surface area (Å²) >= 11 is 0. The molecule has 1 aliphatic rings. The Bertz CT molecular complexity index is 436. The van der Waals surface area contributed by atoms with Gasteiger partial charge in [-0.1, -0.05) is 0 Å². The van der Waals surface area contributed by atoms with E-state index in [4.69, 9.17) is 0 Å². The zero-order chi connectivity index (χ0) is 13.8. The number of nitrogens with one attached hydrogen (secondary N) is 1. The van der Waals surface area contributed by atoms with Gasteiger partial charge in [0.2, 0.25) is 0 Å². The van der Waals surface area contributed by atoms with Crippen molar-refractivity contribution in [3.05, 3.63) is 23.8 Å². The molecule has 104 valence electrons. The van der Waals surface area contributed by atoms with Gasteiger partial charge in [-0.15, -0.1) is 0 Å². The minimum absolute atomic E-state index is 0.0987. The van der Waals surface area contributed by atoms with Crippen LogP contribution in [-0.2, 0) is 0 Å². The quantitative estimate of drug-likeness (QED) is 0.766. The maximum Gasteiger partial charge on any atom is 0.254 e. The number of rotatable bonds is 4. The van der Waals surface area contributed by atoms with Gasteiger partial charge in [0.15, 0.2) is 0 Å². The van der Waals surface area contributed by atoms with Crippen molar-refractivity contribution in [2.45, 2.75) is 25.8 Å². The summed E-state index contributed by atoms with van der Waals surface area (Å²) in [5, 5.41) is 22.2. The van der Waals surface area contributed by atoms with E-state index >= 15 is 0 Å². The first-order chi connectivity index (χ1) is 9.10. The van der Waals surface area contributed by atoms with Gasteiger partial charge in [-0.05, 0) is 38.4 Å². The number of hydrogen-bond donors (Lipinski definition) is 3. The molecule has 0 saturated carbocycles. The van der Waals surface area contributed by atoms with Crippen LogP contribution in [0, 0.1) is 0 Å². The van der Waals surface area contributed by atoms with Crippen LogP contribution in [-0.4, -0.2) is 46.7 Å². The lowest BCUT2D eigenvalue weighted by Gasteiger charge is -2.24. The highest BCUT2D eigenvalue weighted by molar-refractivity contribution is 5.95. The molecule has 2 rings (SSSR count). The molecule has 1 aromatic rings. The molecule has 1 heterocycles. The van der Waals surface area contributed by atoms with Gasteiger partial charge in [0.1, 0.15) is 11.5 Å². The van der Waals surface area contributed by atoms with Gasteiger partial charge in [0.25, 0.3) is 5.91 Å². The molecule has 1 aliphatic heterocycles. The van der Waals surface area contributed by atoms with Crippen molar-refractivity contribution < 1.29 is 15.0 Å². The SMILES string of the molecule is CCN(CC1CCCN1)C(=O)c1cc(O)cc(O)c1. The van der Waals surface area contributed by atoms with Gasteiger partial charge < -0.3 is 20.4 Å². The fourth-order valence-corrected chi connectivity index (χ4v) is 2.44. The third-order valence-corrected chi connectivity index (χ3v) is 3.42. The average Bonchev–Trinajstić information content (AvgIpc) is 2.86. The summed E-state index contributed by atoms with van der Waals surface area (Å²) in [6.45, 7) is 4.19. The maximum absolute atomic E-state index is 12.3. The second-order valence-corrected chi connectivity index (χ2v) is 4.88. The van der Waals surface area contributed by atoms with Crippen molar-refractivity contribution in [1.29, 1.82) is 0 Å². The number of benzene rings is 1. The smallest absolute Gasteiger partial charge is 0.254 e. The van der Waals surface area contributed by atoms with Crippen LogP contribution in [0.5, 0.6) is 11.5 Å². The second kappa shape index (κ2) is 5.93. The van der Waals surface area contributed by atoms with Crippen molar-refractivity contribution >= 4 is 5.91 Å². The standard InChI is InChI=1S/C14H20N2O3/c1-2-16(9-11-4-3-5-15-11)14(19)10-6-12(17)8-13(18)7-10/h6-8,11,15,17-18H,2-5,9H2,1H3. The highest BCUT2D eigenvalue weighted by Gasteiger charge is 2.21. The Morgan fingerprint density at radius 1 is 1.37 bits per heavy atom. The molecule has 0 bridgehead atoms. The van der Waals surface area contributed by atoms with Crippen LogP contribution in [0.15, 0.2) is 18.2 Å². The normalized spacial score (nSPS) is 18.5. The second-order valence-electron chi connectivity index (χ2n) is 4.88. The van der Waals surface area contributed by atoms with Crippen LogP contribution in [0.1, 0.15) is 30.1 Å². The Balaban J connectivity index is 2.10. The van der Waals surface area contributed by atoms with E-state index in [0.717, 1.165) is 19.4 Å². The number of amides is 1. The largest absolute Gasteiger partial charge is 0.508 e. The number of phenolic OH excluding ortho intramolecular Hbond substituents is 2. The molecule has 0 radical (unpaired) electrons. The number of likely N-dealkylation sites (N-methyl/N-ethyl adjacent to an activating group) is 1. The zero-order valence-corrected chi connectivity index (χ0v) is 11.1. The highest BCUT2D eigenvalue weighted by atomic mass is 16.3. The minimum Gasteiger partial charge on any atom is -0.508 e. The fraction of sp³-hybridized carbons (Fsp3) is 0.500. The number of hydrogen-bond acceptors (Lipinski definition) is 4. The van der Waals surface area contributed by atoms with E-state index in [-0.39, 0.29) is 17.4 Å². The van der Waals surface area contributed by atoms with E-state index in [9.17, 15) is 15.0 Å². The summed E-state index contributed by atoms with van der Waals surface area (Å²) in [4.78, 5) is 14.1. The Morgan fingerprint density at radius 2 is 2.05 bits per heavy atom. The van der Waals surface area contributed by atoms with Crippen LogP contribution < -0.4 is 5.32 Å². The molecule has 5 nitrogen and oxygen atoms in total. The maximum atomic E-state index is 12.3. The molecule has 0 aromatic heterocycles. The number of carbonyl (C=O) groups excluding carboxylic acids is 1. The highest BCUT2D eigenvalue weighted by Crippen LogP contribution is 2.21. The monoisotopic (exact) mass is 264 g/mol. The molecule has 1 aromatic carbocycles. The molecular formula is C14H20N2O3. The predicted octanol–water partition coefficient (Wildman–Crippen LogP) is 1.31. The average molecular weight is 264 g/mol. The van der Waals surface area contributed by atoms with Gasteiger partial charge in [0, 0.05) is 30.8 Å². The first-order valence-electron chi connectivity index (χ1n) is 6.66. The topological polar surface area (TPSA) is 72.8 Å². The number of nitrogens with zero attached hydrogens (tertiary/aromatic N) is 1. The van der Waals surface area contributed by atoms with Crippen molar-refractivity contribution in [3.8, 4) is 11.5 Å². The Kier molecular flexibility index (Phi) is 4.27. The first-order valence-corrected chi connectivity index (χ1v) is 6.66.